The number of anilines is 2. The third-order valence-corrected chi connectivity index (χ3v) is 5.76. The van der Waals surface area contributed by atoms with Gasteiger partial charge in [-0.3, -0.25) is 14.5 Å². The fourth-order valence-corrected chi connectivity index (χ4v) is 4.20. The molecule has 0 saturated carbocycles. The maximum Gasteiger partial charge on any atom is 0.223 e. The summed E-state index contributed by atoms with van der Waals surface area (Å²) < 4.78 is 0. The monoisotopic (exact) mass is 377 g/mol. The number of para-hydroxylation sites is 1. The normalized spacial score (nSPS) is 17.3. The van der Waals surface area contributed by atoms with Gasteiger partial charge in [-0.05, 0) is 48.7 Å². The second kappa shape index (κ2) is 8.15. The van der Waals surface area contributed by atoms with Crippen LogP contribution in [0.3, 0.4) is 0 Å². The summed E-state index contributed by atoms with van der Waals surface area (Å²) in [5.74, 6) is 0.229. The van der Waals surface area contributed by atoms with Gasteiger partial charge in [-0.2, -0.15) is 0 Å². The predicted molar refractivity (Wildman–Crippen MR) is 112 cm³/mol. The Kier molecular flexibility index (Phi) is 5.44. The maximum absolute atomic E-state index is 12.8. The van der Waals surface area contributed by atoms with Crippen molar-refractivity contribution < 1.29 is 9.59 Å². The minimum absolute atomic E-state index is 0.0660. The van der Waals surface area contributed by atoms with E-state index in [0.29, 0.717) is 6.54 Å². The molecule has 146 valence electrons. The molecule has 0 spiro atoms. The zero-order valence-corrected chi connectivity index (χ0v) is 16.4. The summed E-state index contributed by atoms with van der Waals surface area (Å²) in [4.78, 5) is 31.1. The lowest BCUT2D eigenvalue weighted by atomic mass is 9.97. The molecule has 0 bridgehead atoms. The van der Waals surface area contributed by atoms with Crippen molar-refractivity contribution in [3.63, 3.8) is 0 Å². The number of Topliss-reactive ketones (excluding diaryl/α,β-unsaturated/α-hetero) is 1. The zero-order chi connectivity index (χ0) is 19.5. The molecule has 1 fully saturated rings. The Morgan fingerprint density at radius 3 is 2.39 bits per heavy atom. The lowest BCUT2D eigenvalue weighted by molar-refractivity contribution is -0.116. The molecule has 2 aromatic rings. The number of aryl methyl sites for hydroxylation is 1. The van der Waals surface area contributed by atoms with Crippen molar-refractivity contribution in [3.05, 3.63) is 59.7 Å². The summed E-state index contributed by atoms with van der Waals surface area (Å²) in [6, 6.07) is 16.2. The number of piperazine rings is 1. The molecular formula is C23H27N3O2. The van der Waals surface area contributed by atoms with E-state index in [0.717, 1.165) is 62.4 Å². The van der Waals surface area contributed by atoms with Crippen molar-refractivity contribution in [2.45, 2.75) is 19.8 Å². The average molecular weight is 377 g/mol. The van der Waals surface area contributed by atoms with Gasteiger partial charge in [0, 0.05) is 56.6 Å². The number of benzene rings is 2. The summed E-state index contributed by atoms with van der Waals surface area (Å²) in [5, 5.41) is 0. The first kappa shape index (κ1) is 18.7. The lowest BCUT2D eigenvalue weighted by Gasteiger charge is -2.35. The van der Waals surface area contributed by atoms with Gasteiger partial charge in [-0.1, -0.05) is 18.2 Å². The number of amides is 1. The van der Waals surface area contributed by atoms with E-state index in [4.69, 9.17) is 0 Å². The second-order valence-electron chi connectivity index (χ2n) is 7.64. The van der Waals surface area contributed by atoms with Crippen LogP contribution in [0.25, 0.3) is 0 Å². The number of fused-ring (bicyclic) bond motifs is 1. The minimum Gasteiger partial charge on any atom is -0.369 e. The first-order valence-corrected chi connectivity index (χ1v) is 10.1. The number of hydrogen-bond acceptors (Lipinski definition) is 4. The smallest absolute Gasteiger partial charge is 0.223 e. The van der Waals surface area contributed by atoms with Crippen LogP contribution in [-0.4, -0.2) is 55.9 Å². The van der Waals surface area contributed by atoms with Crippen LogP contribution < -0.4 is 9.80 Å². The highest BCUT2D eigenvalue weighted by Crippen LogP contribution is 2.28. The van der Waals surface area contributed by atoms with E-state index >= 15 is 0 Å². The minimum atomic E-state index is 0.0660. The van der Waals surface area contributed by atoms with Crippen LogP contribution in [0.4, 0.5) is 11.4 Å². The van der Waals surface area contributed by atoms with Gasteiger partial charge in [0.2, 0.25) is 5.91 Å². The summed E-state index contributed by atoms with van der Waals surface area (Å²) in [5.41, 5.74) is 4.08. The number of rotatable bonds is 4. The fraction of sp³-hybridized carbons (Fsp3) is 0.391. The molecule has 0 unspecified atom stereocenters. The van der Waals surface area contributed by atoms with E-state index < -0.39 is 0 Å². The third-order valence-electron chi connectivity index (χ3n) is 5.76. The van der Waals surface area contributed by atoms with Gasteiger partial charge < -0.3 is 9.80 Å². The van der Waals surface area contributed by atoms with E-state index in [1.54, 1.807) is 6.92 Å². The lowest BCUT2D eigenvalue weighted by Crippen LogP contribution is -2.48. The van der Waals surface area contributed by atoms with Crippen LogP contribution in [0.2, 0.25) is 0 Å². The summed E-state index contributed by atoms with van der Waals surface area (Å²) in [7, 11) is 0. The Bertz CT molecular complexity index is 857. The molecule has 0 N–H and O–H groups in total. The molecule has 0 radical (unpaired) electrons. The van der Waals surface area contributed by atoms with E-state index in [-0.39, 0.29) is 11.7 Å². The van der Waals surface area contributed by atoms with Crippen LogP contribution >= 0.6 is 0 Å². The van der Waals surface area contributed by atoms with Crippen LogP contribution in [-0.2, 0) is 11.2 Å². The standard InChI is InChI=1S/C23H27N3O2/c1-18(27)26-11-5-6-19-16-20(9-10-22(19)26)23(28)17-24-12-14-25(15-13-24)21-7-3-2-4-8-21/h2-4,7-10,16H,5-6,11-15,17H2,1H3. The Morgan fingerprint density at radius 2 is 1.68 bits per heavy atom. The molecule has 2 aliphatic heterocycles. The number of carbonyl (C=O) groups is 2. The first-order valence-electron chi connectivity index (χ1n) is 10.1. The molecule has 0 atom stereocenters. The quantitative estimate of drug-likeness (QED) is 0.769. The highest BCUT2D eigenvalue weighted by atomic mass is 16.2. The Balaban J connectivity index is 1.38. The first-order chi connectivity index (χ1) is 13.6. The van der Waals surface area contributed by atoms with Crippen molar-refractivity contribution in [1.29, 1.82) is 0 Å². The molecule has 1 saturated heterocycles. The fourth-order valence-electron chi connectivity index (χ4n) is 4.20. The predicted octanol–water partition coefficient (Wildman–Crippen LogP) is 2.99. The van der Waals surface area contributed by atoms with E-state index in [1.807, 2.05) is 29.2 Å². The van der Waals surface area contributed by atoms with Crippen LogP contribution in [0.15, 0.2) is 48.5 Å². The van der Waals surface area contributed by atoms with Crippen LogP contribution in [0, 0.1) is 0 Å². The largest absolute Gasteiger partial charge is 0.369 e. The van der Waals surface area contributed by atoms with Crippen molar-refractivity contribution in [3.8, 4) is 0 Å². The summed E-state index contributed by atoms with van der Waals surface area (Å²) in [6.45, 7) is 6.49. The zero-order valence-electron chi connectivity index (χ0n) is 16.4. The molecule has 2 heterocycles. The Hall–Kier alpha value is -2.66. The third kappa shape index (κ3) is 3.94. The second-order valence-corrected chi connectivity index (χ2v) is 7.64. The molecule has 5 heteroatoms. The van der Waals surface area contributed by atoms with Gasteiger partial charge in [0.15, 0.2) is 5.78 Å². The Labute approximate surface area is 166 Å². The van der Waals surface area contributed by atoms with Gasteiger partial charge in [0.05, 0.1) is 6.54 Å². The molecular weight excluding hydrogens is 350 g/mol. The van der Waals surface area contributed by atoms with Crippen molar-refractivity contribution in [2.75, 3.05) is 49.1 Å². The molecule has 2 aromatic carbocycles. The SMILES string of the molecule is CC(=O)N1CCCc2cc(C(=O)CN3CCN(c4ccccc4)CC3)ccc21. The van der Waals surface area contributed by atoms with Gasteiger partial charge in [-0.25, -0.2) is 0 Å². The topological polar surface area (TPSA) is 43.9 Å². The highest BCUT2D eigenvalue weighted by Gasteiger charge is 2.23. The number of carbonyl (C=O) groups excluding carboxylic acids is 2. The number of hydrogen-bond donors (Lipinski definition) is 0. The van der Waals surface area contributed by atoms with E-state index in [9.17, 15) is 9.59 Å². The van der Waals surface area contributed by atoms with Gasteiger partial charge in [0.25, 0.3) is 0 Å². The van der Waals surface area contributed by atoms with Gasteiger partial charge >= 0.3 is 0 Å². The van der Waals surface area contributed by atoms with E-state index in [1.165, 1.54) is 5.69 Å². The van der Waals surface area contributed by atoms with Crippen molar-refractivity contribution in [1.82, 2.24) is 4.90 Å². The van der Waals surface area contributed by atoms with Crippen LogP contribution in [0.1, 0.15) is 29.3 Å². The van der Waals surface area contributed by atoms with Gasteiger partial charge in [-0.15, -0.1) is 0 Å². The van der Waals surface area contributed by atoms with E-state index in [2.05, 4.69) is 34.1 Å². The number of ketones is 1. The molecule has 0 aromatic heterocycles. The highest BCUT2D eigenvalue weighted by molar-refractivity contribution is 5.99. The molecule has 2 aliphatic rings. The molecule has 4 rings (SSSR count). The summed E-state index contributed by atoms with van der Waals surface area (Å²) in [6.07, 6.45) is 1.88. The maximum atomic E-state index is 12.8. The van der Waals surface area contributed by atoms with Crippen molar-refractivity contribution >= 4 is 23.1 Å². The van der Waals surface area contributed by atoms with Crippen molar-refractivity contribution in [2.24, 2.45) is 0 Å². The summed E-state index contributed by atoms with van der Waals surface area (Å²) >= 11 is 0. The van der Waals surface area contributed by atoms with Crippen LogP contribution in [0.5, 0.6) is 0 Å². The molecule has 28 heavy (non-hydrogen) atoms. The molecule has 0 aliphatic carbocycles. The average Bonchev–Trinajstić information content (AvgIpc) is 2.74. The molecule has 5 nitrogen and oxygen atoms in total. The molecule has 1 amide bonds. The Morgan fingerprint density at radius 1 is 0.929 bits per heavy atom. The number of nitrogens with zero attached hydrogens (tertiary/aromatic N) is 3. The van der Waals surface area contributed by atoms with Gasteiger partial charge in [0.1, 0.15) is 0 Å².